The van der Waals surface area contributed by atoms with Gasteiger partial charge in [-0.15, -0.1) is 0 Å². The lowest BCUT2D eigenvalue weighted by molar-refractivity contribution is -0.385. The number of halogens is 1. The SMILES string of the molecule is Cc1ccc(Oc2cccc(F)c2)c([N+](=O)[O-])c1. The van der Waals surface area contributed by atoms with Gasteiger partial charge in [0.1, 0.15) is 11.6 Å². The van der Waals surface area contributed by atoms with E-state index in [1.807, 2.05) is 0 Å². The number of nitro groups is 1. The Kier molecular flexibility index (Phi) is 3.23. The molecule has 0 amide bonds. The fourth-order valence-corrected chi connectivity index (χ4v) is 1.51. The summed E-state index contributed by atoms with van der Waals surface area (Å²) in [5.41, 5.74) is 0.618. The summed E-state index contributed by atoms with van der Waals surface area (Å²) in [7, 11) is 0. The summed E-state index contributed by atoms with van der Waals surface area (Å²) >= 11 is 0. The molecule has 92 valence electrons. The van der Waals surface area contributed by atoms with Crippen LogP contribution in [0.15, 0.2) is 42.5 Å². The van der Waals surface area contributed by atoms with Gasteiger partial charge in [0.2, 0.25) is 5.75 Å². The molecule has 2 rings (SSSR count). The quantitative estimate of drug-likeness (QED) is 0.611. The number of nitrogens with zero attached hydrogens (tertiary/aromatic N) is 1. The third kappa shape index (κ3) is 2.63. The zero-order chi connectivity index (χ0) is 13.1. The molecule has 0 radical (unpaired) electrons. The first-order chi connectivity index (χ1) is 8.56. The highest BCUT2D eigenvalue weighted by Crippen LogP contribution is 2.32. The van der Waals surface area contributed by atoms with Crippen LogP contribution < -0.4 is 4.74 Å². The number of ether oxygens (including phenoxy) is 1. The van der Waals surface area contributed by atoms with Crippen LogP contribution in [0, 0.1) is 22.9 Å². The highest BCUT2D eigenvalue weighted by molar-refractivity contribution is 5.50. The van der Waals surface area contributed by atoms with Crippen molar-refractivity contribution in [2.24, 2.45) is 0 Å². The predicted molar refractivity (Wildman–Crippen MR) is 64.3 cm³/mol. The number of aryl methyl sites for hydroxylation is 1. The molecule has 0 N–H and O–H groups in total. The summed E-state index contributed by atoms with van der Waals surface area (Å²) in [4.78, 5) is 10.4. The lowest BCUT2D eigenvalue weighted by atomic mass is 10.2. The summed E-state index contributed by atoms with van der Waals surface area (Å²) in [5.74, 6) is -0.139. The van der Waals surface area contributed by atoms with Crippen LogP contribution in [0.4, 0.5) is 10.1 Å². The van der Waals surface area contributed by atoms with Gasteiger partial charge in [-0.2, -0.15) is 0 Å². The van der Waals surface area contributed by atoms with Crippen molar-refractivity contribution in [3.8, 4) is 11.5 Å². The molecule has 2 aromatic rings. The van der Waals surface area contributed by atoms with Gasteiger partial charge in [-0.25, -0.2) is 4.39 Å². The molecular weight excluding hydrogens is 237 g/mol. The Morgan fingerprint density at radius 1 is 1.22 bits per heavy atom. The van der Waals surface area contributed by atoms with Crippen LogP contribution in [0.2, 0.25) is 0 Å². The standard InChI is InChI=1S/C13H10FNO3/c1-9-5-6-13(12(7-9)15(16)17)18-11-4-2-3-10(14)8-11/h2-8H,1H3. The van der Waals surface area contributed by atoms with E-state index in [-0.39, 0.29) is 17.2 Å². The predicted octanol–water partition coefficient (Wildman–Crippen LogP) is 3.83. The van der Waals surface area contributed by atoms with E-state index in [0.29, 0.717) is 0 Å². The van der Waals surface area contributed by atoms with Crippen LogP contribution in [0.3, 0.4) is 0 Å². The zero-order valence-corrected chi connectivity index (χ0v) is 9.59. The van der Waals surface area contributed by atoms with Gasteiger partial charge in [-0.05, 0) is 30.7 Å². The Hall–Kier alpha value is -2.43. The minimum Gasteiger partial charge on any atom is -0.450 e. The van der Waals surface area contributed by atoms with E-state index < -0.39 is 10.7 Å². The Bertz CT molecular complexity index is 599. The third-order valence-electron chi connectivity index (χ3n) is 2.34. The zero-order valence-electron chi connectivity index (χ0n) is 9.59. The third-order valence-corrected chi connectivity index (χ3v) is 2.34. The maximum atomic E-state index is 13.0. The molecule has 18 heavy (non-hydrogen) atoms. The van der Waals surface area contributed by atoms with Crippen molar-refractivity contribution in [3.05, 3.63) is 64.0 Å². The van der Waals surface area contributed by atoms with Crippen molar-refractivity contribution in [2.75, 3.05) is 0 Å². The van der Waals surface area contributed by atoms with Crippen LogP contribution >= 0.6 is 0 Å². The molecule has 0 bridgehead atoms. The van der Waals surface area contributed by atoms with Crippen molar-refractivity contribution in [3.63, 3.8) is 0 Å². The molecule has 4 nitrogen and oxygen atoms in total. The van der Waals surface area contributed by atoms with E-state index in [9.17, 15) is 14.5 Å². The topological polar surface area (TPSA) is 52.4 Å². The van der Waals surface area contributed by atoms with Crippen LogP contribution in [-0.4, -0.2) is 4.92 Å². The summed E-state index contributed by atoms with van der Waals surface area (Å²) < 4.78 is 18.3. The molecule has 0 aliphatic rings. The Balaban J connectivity index is 2.37. The molecule has 0 aliphatic carbocycles. The van der Waals surface area contributed by atoms with Gasteiger partial charge in [0.05, 0.1) is 4.92 Å². The lowest BCUT2D eigenvalue weighted by Gasteiger charge is -2.06. The Morgan fingerprint density at radius 3 is 2.67 bits per heavy atom. The van der Waals surface area contributed by atoms with Gasteiger partial charge in [0.15, 0.2) is 0 Å². The van der Waals surface area contributed by atoms with Gasteiger partial charge < -0.3 is 4.74 Å². The Labute approximate surface area is 103 Å². The van der Waals surface area contributed by atoms with Crippen LogP contribution in [-0.2, 0) is 0 Å². The second kappa shape index (κ2) is 4.83. The first-order valence-electron chi connectivity index (χ1n) is 5.25. The lowest BCUT2D eigenvalue weighted by Crippen LogP contribution is -1.94. The molecule has 0 saturated carbocycles. The van der Waals surface area contributed by atoms with Crippen molar-refractivity contribution in [1.29, 1.82) is 0 Å². The second-order valence-corrected chi connectivity index (χ2v) is 3.79. The van der Waals surface area contributed by atoms with E-state index in [1.54, 1.807) is 13.0 Å². The minimum absolute atomic E-state index is 0.0937. The molecular formula is C13H10FNO3. The van der Waals surface area contributed by atoms with Crippen molar-refractivity contribution < 1.29 is 14.1 Å². The minimum atomic E-state index is -0.526. The first kappa shape index (κ1) is 12.0. The molecule has 0 atom stereocenters. The van der Waals surface area contributed by atoms with Crippen LogP contribution in [0.1, 0.15) is 5.56 Å². The van der Waals surface area contributed by atoms with Gasteiger partial charge in [0.25, 0.3) is 0 Å². The fourth-order valence-electron chi connectivity index (χ4n) is 1.51. The van der Waals surface area contributed by atoms with Crippen molar-refractivity contribution in [1.82, 2.24) is 0 Å². The summed E-state index contributed by atoms with van der Waals surface area (Å²) in [5, 5.41) is 10.9. The number of benzene rings is 2. The molecule has 0 heterocycles. The molecule has 2 aromatic carbocycles. The highest BCUT2D eigenvalue weighted by Gasteiger charge is 2.15. The average molecular weight is 247 g/mol. The van der Waals surface area contributed by atoms with Gasteiger partial charge in [-0.3, -0.25) is 10.1 Å². The van der Waals surface area contributed by atoms with Gasteiger partial charge in [0, 0.05) is 12.1 Å². The number of rotatable bonds is 3. The molecule has 5 heteroatoms. The van der Waals surface area contributed by atoms with E-state index in [1.165, 1.54) is 36.4 Å². The van der Waals surface area contributed by atoms with Gasteiger partial charge >= 0.3 is 5.69 Å². The number of hydrogen-bond acceptors (Lipinski definition) is 3. The van der Waals surface area contributed by atoms with E-state index in [2.05, 4.69) is 0 Å². The average Bonchev–Trinajstić information content (AvgIpc) is 2.31. The Morgan fingerprint density at radius 2 is 2.00 bits per heavy atom. The maximum Gasteiger partial charge on any atom is 0.311 e. The number of hydrogen-bond donors (Lipinski definition) is 0. The maximum absolute atomic E-state index is 13.0. The monoisotopic (exact) mass is 247 g/mol. The molecule has 0 aromatic heterocycles. The van der Waals surface area contributed by atoms with Crippen molar-refractivity contribution >= 4 is 5.69 Å². The summed E-state index contributed by atoms with van der Waals surface area (Å²) in [6, 6.07) is 10.1. The van der Waals surface area contributed by atoms with Crippen LogP contribution in [0.25, 0.3) is 0 Å². The summed E-state index contributed by atoms with van der Waals surface area (Å²) in [6.45, 7) is 1.75. The van der Waals surface area contributed by atoms with Gasteiger partial charge in [-0.1, -0.05) is 12.1 Å². The van der Waals surface area contributed by atoms with E-state index >= 15 is 0 Å². The van der Waals surface area contributed by atoms with Crippen molar-refractivity contribution in [2.45, 2.75) is 6.92 Å². The first-order valence-corrected chi connectivity index (χ1v) is 5.25. The molecule has 0 aliphatic heterocycles. The summed E-state index contributed by atoms with van der Waals surface area (Å²) in [6.07, 6.45) is 0. The molecule has 0 spiro atoms. The second-order valence-electron chi connectivity index (χ2n) is 3.79. The molecule has 0 fully saturated rings. The largest absolute Gasteiger partial charge is 0.450 e. The van der Waals surface area contributed by atoms with E-state index in [0.717, 1.165) is 5.56 Å². The fraction of sp³-hybridized carbons (Fsp3) is 0.0769. The molecule has 0 unspecified atom stereocenters. The van der Waals surface area contributed by atoms with Crippen LogP contribution in [0.5, 0.6) is 11.5 Å². The highest BCUT2D eigenvalue weighted by atomic mass is 19.1. The smallest absolute Gasteiger partial charge is 0.311 e. The van der Waals surface area contributed by atoms with E-state index in [4.69, 9.17) is 4.74 Å². The molecule has 0 saturated heterocycles. The number of nitro benzene ring substituents is 1. The normalized spacial score (nSPS) is 10.1.